The summed E-state index contributed by atoms with van der Waals surface area (Å²) in [5.74, 6) is 2.44. The highest BCUT2D eigenvalue weighted by atomic mass is 16.3. The van der Waals surface area contributed by atoms with Gasteiger partial charge in [0.1, 0.15) is 57.5 Å². The van der Waals surface area contributed by atoms with Crippen molar-refractivity contribution in [1.29, 1.82) is 0 Å². The van der Waals surface area contributed by atoms with Crippen LogP contribution >= 0.6 is 0 Å². The van der Waals surface area contributed by atoms with Crippen molar-refractivity contribution in [2.45, 2.75) is 51.9 Å². The van der Waals surface area contributed by atoms with E-state index in [1.807, 2.05) is 142 Å². The summed E-state index contributed by atoms with van der Waals surface area (Å²) in [7, 11) is 0. The van der Waals surface area contributed by atoms with Gasteiger partial charge in [0.05, 0.1) is 0 Å². The molecule has 0 saturated carbocycles. The molecule has 0 fully saturated rings. The number of phenolic OH excluding ortho intramolecular Hbond substituents is 10. The number of phenols is 10. The Balaban J connectivity index is 0.000000154. The smallest absolute Gasteiger partial charge is 0.118 e. The Morgan fingerprint density at radius 3 is 0.667 bits per heavy atom. The first kappa shape index (κ1) is 55.9. The zero-order chi connectivity index (χ0) is 56.1. The Labute approximate surface area is 455 Å². The highest BCUT2D eigenvalue weighted by Gasteiger charge is 2.23. The third-order valence-electron chi connectivity index (χ3n) is 13.6. The topological polar surface area (TPSA) is 202 Å². The zero-order valence-electron chi connectivity index (χ0n) is 44.0. The SMILES string of the molecule is CC(C)(c1ccc(O)cc1)c1ccc(O)cc1.Cc1cc(C(c2ccc(O)c(C)c2)c2ccc(O)c(C)c2)ccc1O.Oc1ccc(-c2ccc(O)cc2)cc1.Oc1ccc(C(c2ccc(O)cc2)c2ccc(O)cc2)cc1. The molecule has 0 aliphatic rings. The van der Waals surface area contributed by atoms with Gasteiger partial charge in [-0.15, -0.1) is 0 Å². The van der Waals surface area contributed by atoms with Crippen LogP contribution in [0.3, 0.4) is 0 Å². The average molecular weight is 1040 g/mol. The molecule has 0 unspecified atom stereocenters. The summed E-state index contributed by atoms with van der Waals surface area (Å²) in [5.41, 5.74) is 12.8. The molecule has 0 bridgehead atoms. The molecule has 0 atom stereocenters. The Morgan fingerprint density at radius 2 is 0.436 bits per heavy atom. The standard InChI is InChI=1S/C22H22O3.C19H16O3.C15H16O2.C12H10O2/c1-13-10-16(4-7-19(13)23)22(17-5-8-20(24)14(2)11-17)18-6-9-21(25)15(3)12-18;20-16-7-1-13(2-8-16)19(14-3-9-17(21)10-4-14)15-5-11-18(22)12-6-15;1-15(2,11-3-7-13(16)8-4-11)12-5-9-14(17)10-6-12;13-11-5-1-9(2-6-11)10-3-7-12(14)8-4-10/h4-12,22-25H,1-3H3;1-12,19-22H;3-10,16-17H,1-2H3;1-8,13-14H. The summed E-state index contributed by atoms with van der Waals surface area (Å²) in [6.07, 6.45) is 0. The van der Waals surface area contributed by atoms with Crippen LogP contribution in [-0.4, -0.2) is 51.1 Å². The van der Waals surface area contributed by atoms with Crippen molar-refractivity contribution >= 4 is 0 Å². The molecule has 0 spiro atoms. The molecule has 10 aromatic carbocycles. The number of benzene rings is 10. The van der Waals surface area contributed by atoms with Crippen LogP contribution in [0.5, 0.6) is 57.5 Å². The number of hydrogen-bond acceptors (Lipinski definition) is 10. The summed E-state index contributed by atoms with van der Waals surface area (Å²) in [5, 5.41) is 94.9. The van der Waals surface area contributed by atoms with Crippen LogP contribution in [0, 0.1) is 20.8 Å². The van der Waals surface area contributed by atoms with Crippen molar-refractivity contribution in [2.24, 2.45) is 0 Å². The van der Waals surface area contributed by atoms with Crippen LogP contribution in [0.25, 0.3) is 11.1 Å². The number of aryl methyl sites for hydroxylation is 3. The Hall–Kier alpha value is -9.80. The highest BCUT2D eigenvalue weighted by Crippen LogP contribution is 2.38. The van der Waals surface area contributed by atoms with Crippen molar-refractivity contribution in [2.75, 3.05) is 0 Å². The predicted molar refractivity (Wildman–Crippen MR) is 308 cm³/mol. The molecule has 396 valence electrons. The van der Waals surface area contributed by atoms with Gasteiger partial charge >= 0.3 is 0 Å². The Morgan fingerprint density at radius 1 is 0.244 bits per heavy atom. The molecule has 10 rings (SSSR count). The van der Waals surface area contributed by atoms with E-state index in [1.54, 1.807) is 103 Å². The Bertz CT molecular complexity index is 3200. The van der Waals surface area contributed by atoms with Gasteiger partial charge in [-0.05, 0) is 196 Å². The van der Waals surface area contributed by atoms with Gasteiger partial charge in [-0.1, -0.05) is 135 Å². The van der Waals surface area contributed by atoms with Crippen LogP contribution in [0.15, 0.2) is 224 Å². The maximum Gasteiger partial charge on any atom is 0.118 e. The summed E-state index contributed by atoms with van der Waals surface area (Å²) < 4.78 is 0. The fraction of sp³-hybridized carbons (Fsp3) is 0.118. The second-order valence-corrected chi connectivity index (χ2v) is 19.6. The lowest BCUT2D eigenvalue weighted by Gasteiger charge is -2.26. The third kappa shape index (κ3) is 14.5. The van der Waals surface area contributed by atoms with E-state index in [4.69, 9.17) is 10.2 Å². The number of rotatable bonds is 9. The van der Waals surface area contributed by atoms with Crippen molar-refractivity contribution in [3.63, 3.8) is 0 Å². The number of aromatic hydroxyl groups is 10. The summed E-state index contributed by atoms with van der Waals surface area (Å²) in [4.78, 5) is 0. The minimum absolute atomic E-state index is 0.0400. The lowest BCUT2D eigenvalue weighted by atomic mass is 9.78. The predicted octanol–water partition coefficient (Wildman–Crippen LogP) is 15.1. The monoisotopic (exact) mass is 1040 g/mol. The Kier molecular flexibility index (Phi) is 18.0. The first-order valence-electron chi connectivity index (χ1n) is 25.2. The molecule has 0 saturated heterocycles. The fourth-order valence-electron chi connectivity index (χ4n) is 8.96. The first-order chi connectivity index (χ1) is 37.2. The molecule has 0 heterocycles. The maximum atomic E-state index is 9.86. The van der Waals surface area contributed by atoms with E-state index >= 15 is 0 Å². The lowest BCUT2D eigenvalue weighted by molar-refractivity contribution is 0.470. The zero-order valence-corrected chi connectivity index (χ0v) is 44.0. The normalized spacial score (nSPS) is 10.9. The van der Waals surface area contributed by atoms with Crippen molar-refractivity contribution < 1.29 is 51.1 Å². The van der Waals surface area contributed by atoms with Gasteiger partial charge in [-0.2, -0.15) is 0 Å². The number of hydrogen-bond donors (Lipinski definition) is 10. The van der Waals surface area contributed by atoms with E-state index < -0.39 is 0 Å². The average Bonchev–Trinajstić information content (AvgIpc) is 3.49. The van der Waals surface area contributed by atoms with Crippen LogP contribution in [0.2, 0.25) is 0 Å². The lowest BCUT2D eigenvalue weighted by Crippen LogP contribution is -2.18. The molecule has 0 radical (unpaired) electrons. The van der Waals surface area contributed by atoms with Crippen LogP contribution < -0.4 is 0 Å². The van der Waals surface area contributed by atoms with E-state index in [2.05, 4.69) is 13.8 Å². The molecule has 10 nitrogen and oxygen atoms in total. The quantitative estimate of drug-likeness (QED) is 0.0620. The van der Waals surface area contributed by atoms with Gasteiger partial charge < -0.3 is 51.1 Å². The second-order valence-electron chi connectivity index (χ2n) is 19.6. The molecule has 78 heavy (non-hydrogen) atoms. The third-order valence-corrected chi connectivity index (χ3v) is 13.6. The van der Waals surface area contributed by atoms with Crippen LogP contribution in [-0.2, 0) is 5.41 Å². The summed E-state index contributed by atoms with van der Waals surface area (Å²) in [6, 6.07) is 66.3. The first-order valence-corrected chi connectivity index (χ1v) is 25.2. The van der Waals surface area contributed by atoms with Gasteiger partial charge in [0, 0.05) is 17.3 Å². The molecule has 10 heteroatoms. The van der Waals surface area contributed by atoms with Crippen LogP contribution in [0.1, 0.15) is 86.9 Å². The van der Waals surface area contributed by atoms with E-state index in [-0.39, 0.29) is 74.7 Å². The minimum Gasteiger partial charge on any atom is -0.508 e. The molecular formula is C68H64O10. The molecule has 0 aliphatic heterocycles. The molecule has 0 aromatic heterocycles. The van der Waals surface area contributed by atoms with Gasteiger partial charge in [0.2, 0.25) is 0 Å². The maximum absolute atomic E-state index is 9.86. The van der Waals surface area contributed by atoms with Gasteiger partial charge in [-0.3, -0.25) is 0 Å². The van der Waals surface area contributed by atoms with Gasteiger partial charge in [-0.25, -0.2) is 0 Å². The molecule has 10 aromatic rings. The second kappa shape index (κ2) is 25.2. The van der Waals surface area contributed by atoms with Crippen molar-refractivity contribution in [3.8, 4) is 68.6 Å². The molecule has 10 N–H and O–H groups in total. The van der Waals surface area contributed by atoms with E-state index in [1.165, 1.54) is 0 Å². The van der Waals surface area contributed by atoms with Crippen molar-refractivity contribution in [3.05, 3.63) is 286 Å². The van der Waals surface area contributed by atoms with Gasteiger partial charge in [0.15, 0.2) is 0 Å². The van der Waals surface area contributed by atoms with E-state index in [0.717, 1.165) is 72.3 Å². The summed E-state index contributed by atoms with van der Waals surface area (Å²) in [6.45, 7) is 9.86. The molecule has 0 aliphatic carbocycles. The minimum atomic E-state index is -0.151. The fourth-order valence-corrected chi connectivity index (χ4v) is 8.96. The van der Waals surface area contributed by atoms with E-state index in [0.29, 0.717) is 0 Å². The van der Waals surface area contributed by atoms with Crippen LogP contribution in [0.4, 0.5) is 0 Å². The molecular weight excluding hydrogens is 977 g/mol. The molecule has 0 amide bonds. The largest absolute Gasteiger partial charge is 0.508 e. The van der Waals surface area contributed by atoms with Crippen molar-refractivity contribution in [1.82, 2.24) is 0 Å². The van der Waals surface area contributed by atoms with Gasteiger partial charge in [0.25, 0.3) is 0 Å². The van der Waals surface area contributed by atoms with E-state index in [9.17, 15) is 40.9 Å². The summed E-state index contributed by atoms with van der Waals surface area (Å²) >= 11 is 0. The highest BCUT2D eigenvalue weighted by molar-refractivity contribution is 5.65.